The fourth-order valence-electron chi connectivity index (χ4n) is 3.19. The number of nitrogens with one attached hydrogen (secondary N) is 1. The summed E-state index contributed by atoms with van der Waals surface area (Å²) in [4.78, 5) is 12.5. The highest BCUT2D eigenvalue weighted by Crippen LogP contribution is 2.31. The Hall–Kier alpha value is -3.13. The van der Waals surface area contributed by atoms with Crippen LogP contribution in [0.1, 0.15) is 39.0 Å². The number of alkyl halides is 3. The number of carbonyl (C=O) groups is 1. The van der Waals surface area contributed by atoms with E-state index in [1.807, 2.05) is 31.2 Å². The second-order valence-corrected chi connectivity index (χ2v) is 6.95. The highest BCUT2D eigenvalue weighted by molar-refractivity contribution is 6.03. The zero-order valence-corrected chi connectivity index (χ0v) is 15.5. The van der Waals surface area contributed by atoms with E-state index in [2.05, 4.69) is 10.4 Å². The summed E-state index contributed by atoms with van der Waals surface area (Å²) in [5.41, 5.74) is 2.27. The van der Waals surface area contributed by atoms with Crippen LogP contribution in [-0.4, -0.2) is 15.7 Å². The fourth-order valence-corrected chi connectivity index (χ4v) is 3.19. The zero-order chi connectivity index (χ0) is 20.6. The molecular weight excluding hydrogens is 383 g/mol. The van der Waals surface area contributed by atoms with Gasteiger partial charge in [0.2, 0.25) is 0 Å². The monoisotopic (exact) mass is 401 g/mol. The summed E-state index contributed by atoms with van der Waals surface area (Å²) >= 11 is 0. The lowest BCUT2D eigenvalue weighted by atomic mass is 10.1. The van der Waals surface area contributed by atoms with Gasteiger partial charge in [0.25, 0.3) is 5.91 Å². The first-order valence-corrected chi connectivity index (χ1v) is 9.03. The molecule has 1 amide bonds. The second-order valence-electron chi connectivity index (χ2n) is 6.95. The number of aromatic nitrogens is 2. The van der Waals surface area contributed by atoms with E-state index in [0.29, 0.717) is 13.2 Å². The van der Waals surface area contributed by atoms with Crippen molar-refractivity contribution >= 4 is 11.6 Å². The van der Waals surface area contributed by atoms with Crippen LogP contribution >= 0.6 is 0 Å². The van der Waals surface area contributed by atoms with E-state index < -0.39 is 17.6 Å². The topological polar surface area (TPSA) is 56.2 Å². The molecule has 29 heavy (non-hydrogen) atoms. The van der Waals surface area contributed by atoms with Crippen LogP contribution in [0.3, 0.4) is 0 Å². The molecule has 0 bridgehead atoms. The molecule has 0 aliphatic carbocycles. The van der Waals surface area contributed by atoms with Crippen LogP contribution in [0.15, 0.2) is 54.6 Å². The molecule has 0 spiro atoms. The van der Waals surface area contributed by atoms with Gasteiger partial charge in [-0.25, -0.2) is 0 Å². The minimum atomic E-state index is -4.48. The predicted octanol–water partition coefficient (Wildman–Crippen LogP) is 4.73. The lowest BCUT2D eigenvalue weighted by Gasteiger charge is -2.24. The van der Waals surface area contributed by atoms with Gasteiger partial charge in [-0.2, -0.15) is 18.3 Å². The average molecular weight is 401 g/mol. The van der Waals surface area contributed by atoms with Gasteiger partial charge in [-0.1, -0.05) is 35.9 Å². The molecule has 1 aliphatic rings. The molecule has 2 aromatic carbocycles. The van der Waals surface area contributed by atoms with Gasteiger partial charge >= 0.3 is 6.18 Å². The molecular formula is C21H18F3N3O2. The lowest BCUT2D eigenvalue weighted by Crippen LogP contribution is -2.22. The third-order valence-electron chi connectivity index (χ3n) is 4.76. The summed E-state index contributed by atoms with van der Waals surface area (Å²) in [6.07, 6.45) is -4.65. The van der Waals surface area contributed by atoms with Crippen LogP contribution in [-0.2, 0) is 24.1 Å². The smallest absolute Gasteiger partial charge is 0.365 e. The highest BCUT2D eigenvalue weighted by atomic mass is 19.4. The SMILES string of the molecule is Cc1ccc(C2Cn3nc(C(=O)Nc4cccc(C(F)(F)F)c4)cc3CO2)cc1. The molecule has 0 saturated carbocycles. The summed E-state index contributed by atoms with van der Waals surface area (Å²) in [5, 5.41) is 6.79. The van der Waals surface area contributed by atoms with Crippen molar-refractivity contribution in [3.8, 4) is 0 Å². The second kappa shape index (κ2) is 7.36. The maximum absolute atomic E-state index is 12.8. The summed E-state index contributed by atoms with van der Waals surface area (Å²) in [6.45, 7) is 2.75. The van der Waals surface area contributed by atoms with Gasteiger partial charge in [0.15, 0.2) is 5.69 Å². The first-order chi connectivity index (χ1) is 13.8. The minimum absolute atomic E-state index is 0.0598. The number of nitrogens with zero attached hydrogens (tertiary/aromatic N) is 2. The summed E-state index contributed by atoms with van der Waals surface area (Å²) in [5.74, 6) is -0.571. The number of anilines is 1. The van der Waals surface area contributed by atoms with E-state index in [4.69, 9.17) is 4.74 Å². The number of halogens is 3. The van der Waals surface area contributed by atoms with Gasteiger partial charge in [-0.05, 0) is 36.8 Å². The molecule has 8 heteroatoms. The molecule has 1 N–H and O–H groups in total. The first-order valence-electron chi connectivity index (χ1n) is 9.03. The van der Waals surface area contributed by atoms with Crippen LogP contribution in [0.4, 0.5) is 18.9 Å². The van der Waals surface area contributed by atoms with E-state index in [9.17, 15) is 18.0 Å². The largest absolute Gasteiger partial charge is 0.416 e. The normalized spacial score (nSPS) is 16.3. The highest BCUT2D eigenvalue weighted by Gasteiger charge is 2.30. The molecule has 1 aromatic heterocycles. The van der Waals surface area contributed by atoms with Crippen molar-refractivity contribution in [1.82, 2.24) is 9.78 Å². The van der Waals surface area contributed by atoms with Crippen LogP contribution in [0.5, 0.6) is 0 Å². The van der Waals surface area contributed by atoms with Gasteiger partial charge in [0.05, 0.1) is 24.4 Å². The van der Waals surface area contributed by atoms with Gasteiger partial charge in [0.1, 0.15) is 6.10 Å². The number of amides is 1. The lowest BCUT2D eigenvalue weighted by molar-refractivity contribution is -0.137. The van der Waals surface area contributed by atoms with Crippen LogP contribution in [0, 0.1) is 6.92 Å². The standard InChI is InChI=1S/C21H18F3N3O2/c1-13-5-7-14(8-6-13)19-11-27-17(12-29-19)10-18(26-27)20(28)25-16-4-2-3-15(9-16)21(22,23)24/h2-10,19H,11-12H2,1H3,(H,25,28). The van der Waals surface area contributed by atoms with Gasteiger partial charge < -0.3 is 10.1 Å². The molecule has 150 valence electrons. The van der Waals surface area contributed by atoms with Crippen molar-refractivity contribution in [1.29, 1.82) is 0 Å². The van der Waals surface area contributed by atoms with E-state index >= 15 is 0 Å². The molecule has 4 rings (SSSR count). The summed E-state index contributed by atoms with van der Waals surface area (Å²) in [7, 11) is 0. The molecule has 1 aliphatic heterocycles. The van der Waals surface area contributed by atoms with E-state index in [1.54, 1.807) is 10.7 Å². The molecule has 3 aromatic rings. The minimum Gasteiger partial charge on any atom is -0.365 e. The molecule has 1 atom stereocenters. The maximum Gasteiger partial charge on any atom is 0.416 e. The van der Waals surface area contributed by atoms with Crippen molar-refractivity contribution in [3.05, 3.63) is 82.7 Å². The Balaban J connectivity index is 1.49. The Morgan fingerprint density at radius 2 is 1.93 bits per heavy atom. The van der Waals surface area contributed by atoms with Crippen molar-refractivity contribution < 1.29 is 22.7 Å². The summed E-state index contributed by atoms with van der Waals surface area (Å²) in [6, 6.07) is 14.1. The molecule has 1 unspecified atom stereocenters. The number of benzene rings is 2. The Morgan fingerprint density at radius 3 is 2.66 bits per heavy atom. The molecule has 0 radical (unpaired) electrons. The zero-order valence-electron chi connectivity index (χ0n) is 15.5. The Kier molecular flexibility index (Phi) is 4.87. The van der Waals surface area contributed by atoms with Crippen molar-refractivity contribution in [3.63, 3.8) is 0 Å². The Labute approximate surface area is 165 Å². The van der Waals surface area contributed by atoms with Gasteiger partial charge in [-0.15, -0.1) is 0 Å². The first kappa shape index (κ1) is 19.2. The quantitative estimate of drug-likeness (QED) is 0.690. The van der Waals surface area contributed by atoms with Crippen molar-refractivity contribution in [2.24, 2.45) is 0 Å². The van der Waals surface area contributed by atoms with Crippen LogP contribution < -0.4 is 5.32 Å². The number of hydrogen-bond acceptors (Lipinski definition) is 3. The van der Waals surface area contributed by atoms with Gasteiger partial charge in [0, 0.05) is 5.69 Å². The predicted molar refractivity (Wildman–Crippen MR) is 100 cm³/mol. The van der Waals surface area contributed by atoms with Crippen molar-refractivity contribution in [2.75, 3.05) is 5.32 Å². The number of carbonyl (C=O) groups excluding carboxylic acids is 1. The molecule has 0 saturated heterocycles. The fraction of sp³-hybridized carbons (Fsp3) is 0.238. The van der Waals surface area contributed by atoms with Crippen LogP contribution in [0.25, 0.3) is 0 Å². The molecule has 0 fully saturated rings. The number of aryl methyl sites for hydroxylation is 1. The number of fused-ring (bicyclic) bond motifs is 1. The molecule has 2 heterocycles. The average Bonchev–Trinajstić information content (AvgIpc) is 3.12. The van der Waals surface area contributed by atoms with Crippen LogP contribution in [0.2, 0.25) is 0 Å². The van der Waals surface area contributed by atoms with Crippen molar-refractivity contribution in [2.45, 2.75) is 32.4 Å². The summed E-state index contributed by atoms with van der Waals surface area (Å²) < 4.78 is 46.1. The van der Waals surface area contributed by atoms with E-state index in [-0.39, 0.29) is 17.5 Å². The third kappa shape index (κ3) is 4.17. The number of ether oxygens (including phenoxy) is 1. The number of rotatable bonds is 3. The maximum atomic E-state index is 12.8. The Bertz CT molecular complexity index is 1040. The van der Waals surface area contributed by atoms with E-state index in [1.165, 1.54) is 12.1 Å². The van der Waals surface area contributed by atoms with Gasteiger partial charge in [-0.3, -0.25) is 9.48 Å². The molecule has 5 nitrogen and oxygen atoms in total. The number of hydrogen-bond donors (Lipinski definition) is 1. The third-order valence-corrected chi connectivity index (χ3v) is 4.76. The van der Waals surface area contributed by atoms with E-state index in [0.717, 1.165) is 29.0 Å². The Morgan fingerprint density at radius 1 is 1.17 bits per heavy atom.